The molecule has 4 rings (SSSR count). The van der Waals surface area contributed by atoms with Crippen molar-refractivity contribution >= 4 is 28.9 Å². The Labute approximate surface area is 153 Å². The molecule has 0 bridgehead atoms. The number of fused-ring (bicyclic) bond motifs is 2. The molecule has 0 saturated heterocycles. The highest BCUT2D eigenvalue weighted by atomic mass is 35.5. The van der Waals surface area contributed by atoms with E-state index in [2.05, 4.69) is 14.9 Å². The molecule has 0 fully saturated rings. The topological polar surface area (TPSA) is 61.1 Å². The fourth-order valence-electron chi connectivity index (χ4n) is 3.25. The highest BCUT2D eigenvalue weighted by Crippen LogP contribution is 2.36. The molecule has 130 valence electrons. The minimum absolute atomic E-state index is 0.157. The summed E-state index contributed by atoms with van der Waals surface area (Å²) in [5.74, 6) is 0.235. The zero-order valence-electron chi connectivity index (χ0n) is 13.2. The molecule has 2 N–H and O–H groups in total. The summed E-state index contributed by atoms with van der Waals surface area (Å²) in [5.41, 5.74) is 2.87. The average molecular weight is 380 g/mol. The Balaban J connectivity index is 1.60. The average Bonchev–Trinajstić information content (AvgIpc) is 2.58. The van der Waals surface area contributed by atoms with Crippen molar-refractivity contribution in [2.75, 3.05) is 19.7 Å². The normalized spacial score (nSPS) is 17.0. The van der Waals surface area contributed by atoms with Crippen molar-refractivity contribution in [2.45, 2.75) is 13.0 Å². The van der Waals surface area contributed by atoms with Crippen molar-refractivity contribution in [1.82, 2.24) is 14.9 Å². The van der Waals surface area contributed by atoms with E-state index in [1.807, 2.05) is 0 Å². The van der Waals surface area contributed by atoms with E-state index in [0.29, 0.717) is 52.8 Å². The third kappa shape index (κ3) is 3.15. The van der Waals surface area contributed by atoms with Gasteiger partial charge in [0.2, 0.25) is 0 Å². The molecule has 0 saturated carbocycles. The van der Waals surface area contributed by atoms with Crippen molar-refractivity contribution in [1.29, 1.82) is 0 Å². The molecule has 2 aliphatic heterocycles. The molecule has 2 aromatic rings. The van der Waals surface area contributed by atoms with E-state index < -0.39 is 0 Å². The maximum absolute atomic E-state index is 13.5. The third-order valence-corrected chi connectivity index (χ3v) is 5.17. The molecule has 1 aromatic heterocycles. The SMILES string of the molecule is O=c1[nH]c(=S)[nH]c2c1CN(CC1=C(Cl)c3cc(F)ccc3OC1)CC2. The number of hydrogen-bond acceptors (Lipinski definition) is 4. The molecular weight excluding hydrogens is 365 g/mol. The van der Waals surface area contributed by atoms with Crippen LogP contribution in [0.15, 0.2) is 28.6 Å². The quantitative estimate of drug-likeness (QED) is 0.787. The van der Waals surface area contributed by atoms with E-state index in [1.54, 1.807) is 6.07 Å². The zero-order chi connectivity index (χ0) is 17.6. The van der Waals surface area contributed by atoms with Gasteiger partial charge in [-0.1, -0.05) is 11.6 Å². The molecule has 0 spiro atoms. The maximum atomic E-state index is 13.5. The van der Waals surface area contributed by atoms with Gasteiger partial charge in [-0.25, -0.2) is 4.39 Å². The van der Waals surface area contributed by atoms with Crippen LogP contribution in [0.4, 0.5) is 4.39 Å². The molecule has 0 radical (unpaired) electrons. The lowest BCUT2D eigenvalue weighted by atomic mass is 10.0. The molecule has 0 aliphatic carbocycles. The van der Waals surface area contributed by atoms with E-state index in [9.17, 15) is 9.18 Å². The fourth-order valence-corrected chi connectivity index (χ4v) is 3.73. The van der Waals surface area contributed by atoms with Crippen LogP contribution in [-0.2, 0) is 13.0 Å². The highest BCUT2D eigenvalue weighted by Gasteiger charge is 2.24. The van der Waals surface area contributed by atoms with Crippen LogP contribution in [0.5, 0.6) is 5.75 Å². The van der Waals surface area contributed by atoms with Crippen LogP contribution in [-0.4, -0.2) is 34.6 Å². The first-order chi connectivity index (χ1) is 12.0. The standard InChI is InChI=1S/C17H15ClFN3O2S/c18-15-9(8-24-14-2-1-10(19)5-11(14)15)6-22-4-3-13-12(7-22)16(23)21-17(25)20-13/h1-2,5H,3-4,6-8H2,(H2,20,21,23,25). The van der Waals surface area contributed by atoms with Gasteiger partial charge >= 0.3 is 0 Å². The first kappa shape index (κ1) is 16.5. The molecule has 5 nitrogen and oxygen atoms in total. The number of nitrogens with one attached hydrogen (secondary N) is 2. The van der Waals surface area contributed by atoms with E-state index in [1.165, 1.54) is 12.1 Å². The van der Waals surface area contributed by atoms with Crippen molar-refractivity contribution < 1.29 is 9.13 Å². The molecule has 2 aliphatic rings. The highest BCUT2D eigenvalue weighted by molar-refractivity contribution is 7.71. The summed E-state index contributed by atoms with van der Waals surface area (Å²) in [6.45, 7) is 2.18. The summed E-state index contributed by atoms with van der Waals surface area (Å²) in [6.07, 6.45) is 0.708. The fraction of sp³-hybridized carbons (Fsp3) is 0.294. The van der Waals surface area contributed by atoms with Gasteiger partial charge in [0.1, 0.15) is 18.2 Å². The number of rotatable bonds is 2. The Morgan fingerprint density at radius 2 is 2.20 bits per heavy atom. The number of aromatic amines is 2. The first-order valence-electron chi connectivity index (χ1n) is 7.88. The van der Waals surface area contributed by atoms with Crippen LogP contribution < -0.4 is 10.3 Å². The van der Waals surface area contributed by atoms with Gasteiger partial charge in [-0.2, -0.15) is 0 Å². The minimum atomic E-state index is -0.351. The van der Waals surface area contributed by atoms with E-state index in [0.717, 1.165) is 17.8 Å². The van der Waals surface area contributed by atoms with Gasteiger partial charge in [-0.3, -0.25) is 14.7 Å². The molecule has 8 heteroatoms. The van der Waals surface area contributed by atoms with Crippen LogP contribution in [0.3, 0.4) is 0 Å². The van der Waals surface area contributed by atoms with E-state index >= 15 is 0 Å². The number of hydrogen-bond donors (Lipinski definition) is 2. The van der Waals surface area contributed by atoms with Gasteiger partial charge < -0.3 is 9.72 Å². The monoisotopic (exact) mass is 379 g/mol. The number of aromatic nitrogens is 2. The van der Waals surface area contributed by atoms with Gasteiger partial charge in [-0.15, -0.1) is 0 Å². The number of benzene rings is 1. The van der Waals surface area contributed by atoms with Gasteiger partial charge in [-0.05, 0) is 30.4 Å². The Morgan fingerprint density at radius 3 is 3.04 bits per heavy atom. The lowest BCUT2D eigenvalue weighted by Crippen LogP contribution is -2.37. The van der Waals surface area contributed by atoms with Crippen LogP contribution in [0.2, 0.25) is 0 Å². The number of H-pyrrole nitrogens is 2. The van der Waals surface area contributed by atoms with Crippen LogP contribution in [0.25, 0.3) is 5.03 Å². The number of nitrogens with zero attached hydrogens (tertiary/aromatic N) is 1. The molecule has 0 amide bonds. The van der Waals surface area contributed by atoms with Crippen molar-refractivity contribution in [2.24, 2.45) is 0 Å². The molecule has 0 atom stereocenters. The van der Waals surface area contributed by atoms with Gasteiger partial charge in [0.15, 0.2) is 4.77 Å². The van der Waals surface area contributed by atoms with Crippen molar-refractivity contribution in [3.8, 4) is 5.75 Å². The van der Waals surface area contributed by atoms with Gasteiger partial charge in [0, 0.05) is 42.9 Å². The summed E-state index contributed by atoms with van der Waals surface area (Å²) < 4.78 is 19.5. The van der Waals surface area contributed by atoms with Gasteiger partial charge in [0.05, 0.1) is 10.6 Å². The lowest BCUT2D eigenvalue weighted by molar-refractivity contribution is 0.253. The minimum Gasteiger partial charge on any atom is -0.488 e. The van der Waals surface area contributed by atoms with Gasteiger partial charge in [0.25, 0.3) is 5.56 Å². The van der Waals surface area contributed by atoms with Crippen LogP contribution in [0, 0.1) is 10.6 Å². The number of halogens is 2. The Bertz CT molecular complexity index is 998. The summed E-state index contributed by atoms with van der Waals surface area (Å²) in [6, 6.07) is 4.32. The second-order valence-corrected chi connectivity index (χ2v) is 6.96. The molecule has 3 heterocycles. The van der Waals surface area contributed by atoms with Crippen molar-refractivity contribution in [3.63, 3.8) is 0 Å². The predicted octanol–water partition coefficient (Wildman–Crippen LogP) is 2.97. The second kappa shape index (κ2) is 6.40. The molecule has 0 unspecified atom stereocenters. The largest absolute Gasteiger partial charge is 0.488 e. The van der Waals surface area contributed by atoms with Crippen molar-refractivity contribution in [3.05, 3.63) is 61.5 Å². The summed E-state index contributed by atoms with van der Waals surface area (Å²) in [4.78, 5) is 19.9. The Hall–Kier alpha value is -1.96. The summed E-state index contributed by atoms with van der Waals surface area (Å²) in [7, 11) is 0. The first-order valence-corrected chi connectivity index (χ1v) is 8.67. The maximum Gasteiger partial charge on any atom is 0.256 e. The number of ether oxygens (including phenoxy) is 1. The Morgan fingerprint density at radius 1 is 1.36 bits per heavy atom. The lowest BCUT2D eigenvalue weighted by Gasteiger charge is -2.30. The Kier molecular flexibility index (Phi) is 4.23. The van der Waals surface area contributed by atoms with Crippen LogP contribution in [0.1, 0.15) is 16.8 Å². The summed E-state index contributed by atoms with van der Waals surface area (Å²) in [5, 5.41) is 0.521. The third-order valence-electron chi connectivity index (χ3n) is 4.49. The predicted molar refractivity (Wildman–Crippen MR) is 95.9 cm³/mol. The zero-order valence-corrected chi connectivity index (χ0v) is 14.8. The smallest absolute Gasteiger partial charge is 0.256 e. The van der Waals surface area contributed by atoms with Crippen LogP contribution >= 0.6 is 23.8 Å². The van der Waals surface area contributed by atoms with E-state index in [4.69, 9.17) is 28.6 Å². The molecule has 1 aromatic carbocycles. The molecular formula is C17H15ClFN3O2S. The van der Waals surface area contributed by atoms with E-state index in [-0.39, 0.29) is 11.4 Å². The molecule has 25 heavy (non-hydrogen) atoms. The second-order valence-electron chi connectivity index (χ2n) is 6.17. The summed E-state index contributed by atoms with van der Waals surface area (Å²) >= 11 is 11.5.